The minimum atomic E-state index is -0.506. The van der Waals surface area contributed by atoms with Crippen molar-refractivity contribution in [3.05, 3.63) is 35.9 Å². The molecule has 0 heterocycles. The van der Waals surface area contributed by atoms with Gasteiger partial charge in [-0.2, -0.15) is 0 Å². The molecular weight excluding hydrogens is 240 g/mol. The van der Waals surface area contributed by atoms with E-state index >= 15 is 0 Å². The molecule has 19 heavy (non-hydrogen) atoms. The summed E-state index contributed by atoms with van der Waals surface area (Å²) >= 11 is 0. The van der Waals surface area contributed by atoms with Crippen LogP contribution in [-0.4, -0.2) is 23.9 Å². The number of nitrogens with one attached hydrogen (secondary N) is 2. The second-order valence-corrected chi connectivity index (χ2v) is 5.05. The monoisotopic (exact) mass is 260 g/mol. The number of rotatable bonds is 4. The molecule has 0 saturated heterocycles. The Morgan fingerprint density at radius 3 is 2.42 bits per heavy atom. The summed E-state index contributed by atoms with van der Waals surface area (Å²) in [5.74, 6) is -0.314. The second kappa shape index (κ2) is 6.36. The van der Waals surface area contributed by atoms with Crippen molar-refractivity contribution in [2.75, 3.05) is 0 Å². The zero-order valence-corrected chi connectivity index (χ0v) is 11.2. The zero-order valence-electron chi connectivity index (χ0n) is 11.2. The van der Waals surface area contributed by atoms with Crippen molar-refractivity contribution in [1.29, 1.82) is 0 Å². The minimum absolute atomic E-state index is 0.101. The molecule has 0 spiro atoms. The van der Waals surface area contributed by atoms with E-state index in [-0.39, 0.29) is 17.9 Å². The Bertz CT molecular complexity index is 439. The van der Waals surface area contributed by atoms with Crippen molar-refractivity contribution < 1.29 is 9.59 Å². The van der Waals surface area contributed by atoms with Gasteiger partial charge < -0.3 is 10.6 Å². The smallest absolute Gasteiger partial charge is 0.251 e. The van der Waals surface area contributed by atoms with Crippen LogP contribution >= 0.6 is 0 Å². The van der Waals surface area contributed by atoms with Crippen molar-refractivity contribution in [3.63, 3.8) is 0 Å². The molecule has 1 unspecified atom stereocenters. The van der Waals surface area contributed by atoms with Gasteiger partial charge in [0.2, 0.25) is 5.91 Å². The lowest BCUT2D eigenvalue weighted by Gasteiger charge is -2.17. The van der Waals surface area contributed by atoms with Crippen LogP contribution in [0.5, 0.6) is 0 Å². The summed E-state index contributed by atoms with van der Waals surface area (Å²) in [6.07, 6.45) is 4.45. The lowest BCUT2D eigenvalue weighted by Crippen LogP contribution is -2.47. The molecule has 4 heteroatoms. The summed E-state index contributed by atoms with van der Waals surface area (Å²) in [5, 5.41) is 5.70. The summed E-state index contributed by atoms with van der Waals surface area (Å²) in [4.78, 5) is 23.8. The highest BCUT2D eigenvalue weighted by molar-refractivity contribution is 5.97. The lowest BCUT2D eigenvalue weighted by atomic mass is 10.2. The number of amides is 2. The summed E-state index contributed by atoms with van der Waals surface area (Å²) < 4.78 is 0. The van der Waals surface area contributed by atoms with Crippen molar-refractivity contribution >= 4 is 11.8 Å². The SMILES string of the molecule is CC(NC(=O)c1ccccc1)C(=O)NC1CCCC1. The van der Waals surface area contributed by atoms with Crippen LogP contribution in [0, 0.1) is 0 Å². The predicted octanol–water partition coefficient (Wildman–Crippen LogP) is 1.86. The molecule has 0 aromatic heterocycles. The Labute approximate surface area is 113 Å². The van der Waals surface area contributed by atoms with E-state index in [1.807, 2.05) is 6.07 Å². The topological polar surface area (TPSA) is 58.2 Å². The molecule has 0 bridgehead atoms. The molecule has 1 aromatic rings. The van der Waals surface area contributed by atoms with E-state index in [0.29, 0.717) is 5.56 Å². The normalized spacial score (nSPS) is 16.9. The molecule has 2 rings (SSSR count). The van der Waals surface area contributed by atoms with E-state index in [1.54, 1.807) is 31.2 Å². The third-order valence-electron chi connectivity index (χ3n) is 3.48. The number of benzene rings is 1. The Balaban J connectivity index is 1.84. The highest BCUT2D eigenvalue weighted by Gasteiger charge is 2.21. The minimum Gasteiger partial charge on any atom is -0.352 e. The molecule has 1 aromatic carbocycles. The van der Waals surface area contributed by atoms with Gasteiger partial charge in [0.05, 0.1) is 0 Å². The van der Waals surface area contributed by atoms with Crippen LogP contribution in [0.25, 0.3) is 0 Å². The van der Waals surface area contributed by atoms with Gasteiger partial charge in [0.15, 0.2) is 0 Å². The van der Waals surface area contributed by atoms with Gasteiger partial charge in [-0.25, -0.2) is 0 Å². The number of hydrogen-bond acceptors (Lipinski definition) is 2. The van der Waals surface area contributed by atoms with E-state index in [2.05, 4.69) is 10.6 Å². The molecule has 1 aliphatic carbocycles. The first-order chi connectivity index (χ1) is 9.16. The first-order valence-corrected chi connectivity index (χ1v) is 6.83. The van der Waals surface area contributed by atoms with Crippen LogP contribution in [0.2, 0.25) is 0 Å². The Hall–Kier alpha value is -1.84. The maximum atomic E-state index is 11.9. The molecule has 0 radical (unpaired) electrons. The summed E-state index contributed by atoms with van der Waals surface area (Å²) in [7, 11) is 0. The van der Waals surface area contributed by atoms with Crippen LogP contribution in [0.3, 0.4) is 0 Å². The maximum Gasteiger partial charge on any atom is 0.251 e. The van der Waals surface area contributed by atoms with Gasteiger partial charge in [-0.15, -0.1) is 0 Å². The lowest BCUT2D eigenvalue weighted by molar-refractivity contribution is -0.123. The predicted molar refractivity (Wildman–Crippen MR) is 73.8 cm³/mol. The summed E-state index contributed by atoms with van der Waals surface area (Å²) in [6.45, 7) is 1.71. The fourth-order valence-electron chi connectivity index (χ4n) is 2.33. The third kappa shape index (κ3) is 3.81. The van der Waals surface area contributed by atoms with E-state index < -0.39 is 6.04 Å². The quantitative estimate of drug-likeness (QED) is 0.868. The molecule has 1 saturated carbocycles. The van der Waals surface area contributed by atoms with Crippen molar-refractivity contribution in [2.24, 2.45) is 0 Å². The van der Waals surface area contributed by atoms with Gasteiger partial charge in [0.1, 0.15) is 6.04 Å². The fourth-order valence-corrected chi connectivity index (χ4v) is 2.33. The molecular formula is C15H20N2O2. The van der Waals surface area contributed by atoms with Gasteiger partial charge in [0, 0.05) is 11.6 Å². The Kier molecular flexibility index (Phi) is 4.55. The molecule has 0 aliphatic heterocycles. The van der Waals surface area contributed by atoms with E-state index in [4.69, 9.17) is 0 Å². The maximum absolute atomic E-state index is 11.9. The van der Waals surface area contributed by atoms with Crippen LogP contribution in [0.15, 0.2) is 30.3 Å². The van der Waals surface area contributed by atoms with Crippen molar-refractivity contribution in [3.8, 4) is 0 Å². The van der Waals surface area contributed by atoms with E-state index in [9.17, 15) is 9.59 Å². The van der Waals surface area contributed by atoms with Crippen LogP contribution in [0.1, 0.15) is 43.0 Å². The van der Waals surface area contributed by atoms with Gasteiger partial charge in [-0.1, -0.05) is 31.0 Å². The standard InChI is InChI=1S/C15H20N2O2/c1-11(14(18)17-13-9-5-6-10-13)16-15(19)12-7-3-2-4-8-12/h2-4,7-8,11,13H,5-6,9-10H2,1H3,(H,16,19)(H,17,18). The zero-order chi connectivity index (χ0) is 13.7. The number of carbonyl (C=O) groups excluding carboxylic acids is 2. The third-order valence-corrected chi connectivity index (χ3v) is 3.48. The Morgan fingerprint density at radius 2 is 1.79 bits per heavy atom. The van der Waals surface area contributed by atoms with Crippen molar-refractivity contribution in [2.45, 2.75) is 44.7 Å². The van der Waals surface area contributed by atoms with Gasteiger partial charge >= 0.3 is 0 Å². The average Bonchev–Trinajstić information content (AvgIpc) is 2.92. The molecule has 1 aliphatic rings. The second-order valence-electron chi connectivity index (χ2n) is 5.05. The number of hydrogen-bond donors (Lipinski definition) is 2. The molecule has 2 N–H and O–H groups in total. The molecule has 1 atom stereocenters. The van der Waals surface area contributed by atoms with Gasteiger partial charge in [-0.05, 0) is 31.9 Å². The Morgan fingerprint density at radius 1 is 1.16 bits per heavy atom. The molecule has 1 fully saturated rings. The van der Waals surface area contributed by atoms with E-state index in [1.165, 1.54) is 12.8 Å². The first kappa shape index (κ1) is 13.6. The highest BCUT2D eigenvalue weighted by atomic mass is 16.2. The molecule has 2 amide bonds. The highest BCUT2D eigenvalue weighted by Crippen LogP contribution is 2.17. The van der Waals surface area contributed by atoms with E-state index in [0.717, 1.165) is 12.8 Å². The van der Waals surface area contributed by atoms with Crippen LogP contribution < -0.4 is 10.6 Å². The van der Waals surface area contributed by atoms with Gasteiger partial charge in [0.25, 0.3) is 5.91 Å². The molecule has 102 valence electrons. The van der Waals surface area contributed by atoms with Crippen LogP contribution in [0.4, 0.5) is 0 Å². The summed E-state index contributed by atoms with van der Waals surface area (Å²) in [5.41, 5.74) is 0.572. The van der Waals surface area contributed by atoms with Crippen LogP contribution in [-0.2, 0) is 4.79 Å². The average molecular weight is 260 g/mol. The summed E-state index contributed by atoms with van der Waals surface area (Å²) in [6, 6.07) is 8.70. The fraction of sp³-hybridized carbons (Fsp3) is 0.467. The van der Waals surface area contributed by atoms with Crippen molar-refractivity contribution in [1.82, 2.24) is 10.6 Å². The number of carbonyl (C=O) groups is 2. The molecule has 4 nitrogen and oxygen atoms in total. The largest absolute Gasteiger partial charge is 0.352 e. The van der Waals surface area contributed by atoms with Gasteiger partial charge in [-0.3, -0.25) is 9.59 Å². The first-order valence-electron chi connectivity index (χ1n) is 6.83.